The Morgan fingerprint density at radius 3 is 2.55 bits per heavy atom. The van der Waals surface area contributed by atoms with E-state index in [0.717, 1.165) is 12.8 Å². The highest BCUT2D eigenvalue weighted by molar-refractivity contribution is 7.89. The third kappa shape index (κ3) is 4.20. The smallest absolute Gasteiger partial charge is 0.314 e. The lowest BCUT2D eigenvalue weighted by atomic mass is 10.1. The average molecular weight is 482 g/mol. The van der Waals surface area contributed by atoms with Gasteiger partial charge in [-0.2, -0.15) is 8.78 Å². The Balaban J connectivity index is 1.67. The minimum absolute atomic E-state index is 0.0461. The summed E-state index contributed by atoms with van der Waals surface area (Å²) in [5.74, 6) is -0.973. The van der Waals surface area contributed by atoms with Crippen molar-refractivity contribution in [3.63, 3.8) is 0 Å². The number of alkyl halides is 2. The van der Waals surface area contributed by atoms with Crippen molar-refractivity contribution in [3.05, 3.63) is 24.4 Å². The largest absolute Gasteiger partial charge is 0.414 e. The van der Waals surface area contributed by atoms with E-state index in [1.54, 1.807) is 6.07 Å². The molecule has 2 atom stereocenters. The first-order valence-electron chi connectivity index (χ1n) is 10.7. The lowest BCUT2D eigenvalue weighted by molar-refractivity contribution is 0.116. The van der Waals surface area contributed by atoms with Gasteiger partial charge in [-0.15, -0.1) is 10.2 Å². The summed E-state index contributed by atoms with van der Waals surface area (Å²) in [5, 5.41) is 10.5. The molecule has 10 nitrogen and oxygen atoms in total. The maximum Gasteiger partial charge on any atom is 0.314 e. The van der Waals surface area contributed by atoms with E-state index in [1.807, 2.05) is 6.92 Å². The molecule has 178 valence electrons. The number of aromatic nitrogens is 4. The molecule has 0 aromatic carbocycles. The first kappa shape index (κ1) is 22.2. The number of sulfonamides is 1. The van der Waals surface area contributed by atoms with Gasteiger partial charge in [-0.1, -0.05) is 0 Å². The number of hydrogen-bond donors (Lipinski definition) is 2. The second-order valence-electron chi connectivity index (χ2n) is 9.18. The van der Waals surface area contributed by atoms with Gasteiger partial charge in [0.15, 0.2) is 5.65 Å². The number of piperazine rings is 1. The Morgan fingerprint density at radius 1 is 1.24 bits per heavy atom. The van der Waals surface area contributed by atoms with E-state index < -0.39 is 27.9 Å². The van der Waals surface area contributed by atoms with Crippen molar-refractivity contribution in [2.45, 2.75) is 62.6 Å². The van der Waals surface area contributed by atoms with E-state index in [9.17, 15) is 17.2 Å². The zero-order chi connectivity index (χ0) is 23.5. The zero-order valence-corrected chi connectivity index (χ0v) is 19.2. The summed E-state index contributed by atoms with van der Waals surface area (Å²) in [5.41, 5.74) is 0.873. The van der Waals surface area contributed by atoms with Crippen molar-refractivity contribution in [1.82, 2.24) is 29.6 Å². The fraction of sp³-hybridized carbons (Fsp3) is 0.550. The summed E-state index contributed by atoms with van der Waals surface area (Å²) in [7, 11) is -3.85. The molecule has 13 heteroatoms. The van der Waals surface area contributed by atoms with E-state index in [4.69, 9.17) is 4.42 Å². The predicted octanol–water partition coefficient (Wildman–Crippen LogP) is 2.34. The Hall–Kier alpha value is -2.64. The summed E-state index contributed by atoms with van der Waals surface area (Å²) in [4.78, 5) is 6.58. The topological polar surface area (TPSA) is 118 Å². The monoisotopic (exact) mass is 481 g/mol. The van der Waals surface area contributed by atoms with Crippen molar-refractivity contribution in [1.29, 1.82) is 0 Å². The molecular formula is C20H25F2N7O3S. The molecule has 2 aliphatic rings. The predicted molar refractivity (Wildman–Crippen MR) is 116 cm³/mol. The minimum Gasteiger partial charge on any atom is -0.414 e. The van der Waals surface area contributed by atoms with Crippen LogP contribution >= 0.6 is 0 Å². The van der Waals surface area contributed by atoms with Gasteiger partial charge >= 0.3 is 6.43 Å². The van der Waals surface area contributed by atoms with E-state index in [2.05, 4.69) is 44.0 Å². The van der Waals surface area contributed by atoms with Gasteiger partial charge in [0.05, 0.1) is 11.9 Å². The molecular weight excluding hydrogens is 456 g/mol. The van der Waals surface area contributed by atoms with Crippen molar-refractivity contribution in [2.75, 3.05) is 18.0 Å². The van der Waals surface area contributed by atoms with Crippen molar-refractivity contribution in [3.8, 4) is 11.6 Å². The summed E-state index contributed by atoms with van der Waals surface area (Å²) in [6.07, 6.45) is 1.45. The molecule has 1 saturated carbocycles. The SMILES string of the molecule is C[C@H]1CN(c2cc(S(=O)(=O)NC3(C)CC3)cn3c(-c4nnc(C(F)F)o4)cnc23)C[C@H](C)N1. The number of imidazole rings is 1. The fourth-order valence-corrected chi connectivity index (χ4v) is 5.69. The van der Waals surface area contributed by atoms with Crippen LogP contribution in [-0.4, -0.2) is 58.7 Å². The van der Waals surface area contributed by atoms with Crippen molar-refractivity contribution < 1.29 is 21.6 Å². The molecule has 5 rings (SSSR count). The molecule has 0 spiro atoms. The van der Waals surface area contributed by atoms with Crippen LogP contribution in [0.5, 0.6) is 0 Å². The van der Waals surface area contributed by atoms with Gasteiger partial charge in [-0.05, 0) is 39.7 Å². The lowest BCUT2D eigenvalue weighted by Gasteiger charge is -2.37. The minimum atomic E-state index is -3.85. The summed E-state index contributed by atoms with van der Waals surface area (Å²) in [6, 6.07) is 1.97. The number of anilines is 1. The highest BCUT2D eigenvalue weighted by atomic mass is 32.2. The van der Waals surface area contributed by atoms with E-state index in [0.29, 0.717) is 24.4 Å². The van der Waals surface area contributed by atoms with Crippen LogP contribution in [0, 0.1) is 0 Å². The second-order valence-corrected chi connectivity index (χ2v) is 10.9. The molecule has 2 fully saturated rings. The van der Waals surface area contributed by atoms with Crippen LogP contribution in [-0.2, 0) is 10.0 Å². The van der Waals surface area contributed by atoms with Gasteiger partial charge in [0.25, 0.3) is 11.8 Å². The standard InChI is InChI=1S/C20H25F2N7O3S/c1-11-8-28(9-12(2)24-11)14-6-13(33(30,31)27-20(3)4-5-20)10-29-15(7-23-17(14)29)18-25-26-19(32-18)16(21)22/h6-7,10-12,16,24,27H,4-5,8-9H2,1-3H3/t11-,12-/m0/s1. The lowest BCUT2D eigenvalue weighted by Crippen LogP contribution is -2.54. The van der Waals surface area contributed by atoms with Crippen molar-refractivity contribution >= 4 is 21.4 Å². The number of pyridine rings is 1. The summed E-state index contributed by atoms with van der Waals surface area (Å²) >= 11 is 0. The highest BCUT2D eigenvalue weighted by Crippen LogP contribution is 2.37. The number of hydrogen-bond acceptors (Lipinski definition) is 8. The fourth-order valence-electron chi connectivity index (χ4n) is 4.21. The van der Waals surface area contributed by atoms with Crippen LogP contribution in [0.25, 0.3) is 17.2 Å². The van der Waals surface area contributed by atoms with Gasteiger partial charge in [0.1, 0.15) is 10.6 Å². The van der Waals surface area contributed by atoms with Gasteiger partial charge in [0, 0.05) is 36.9 Å². The molecule has 1 saturated heterocycles. The first-order valence-corrected chi connectivity index (χ1v) is 12.2. The number of rotatable bonds is 6. The highest BCUT2D eigenvalue weighted by Gasteiger charge is 2.41. The van der Waals surface area contributed by atoms with Crippen LogP contribution in [0.15, 0.2) is 27.8 Å². The molecule has 2 N–H and O–H groups in total. The Morgan fingerprint density at radius 2 is 1.94 bits per heavy atom. The van der Waals surface area contributed by atoms with Crippen molar-refractivity contribution in [2.24, 2.45) is 0 Å². The zero-order valence-electron chi connectivity index (χ0n) is 18.4. The quantitative estimate of drug-likeness (QED) is 0.551. The maximum absolute atomic E-state index is 13.2. The molecule has 0 bridgehead atoms. The Kier molecular flexibility index (Phi) is 5.18. The summed E-state index contributed by atoms with van der Waals surface area (Å²) < 4.78 is 61.8. The Bertz CT molecular complexity index is 1290. The van der Waals surface area contributed by atoms with Gasteiger partial charge in [0.2, 0.25) is 10.0 Å². The number of halogens is 2. The molecule has 4 heterocycles. The van der Waals surface area contributed by atoms with Crippen LogP contribution < -0.4 is 14.9 Å². The van der Waals surface area contributed by atoms with Crippen LogP contribution in [0.4, 0.5) is 14.5 Å². The molecule has 1 aliphatic heterocycles. The van der Waals surface area contributed by atoms with Crippen LogP contribution in [0.1, 0.15) is 45.9 Å². The molecule has 3 aromatic heterocycles. The third-order valence-electron chi connectivity index (χ3n) is 6.00. The maximum atomic E-state index is 13.2. The molecule has 1 aliphatic carbocycles. The van der Waals surface area contributed by atoms with E-state index in [-0.39, 0.29) is 28.6 Å². The molecule has 3 aromatic rings. The normalized spacial score (nSPS) is 22.9. The van der Waals surface area contributed by atoms with E-state index in [1.165, 1.54) is 16.8 Å². The second kappa shape index (κ2) is 7.71. The van der Waals surface area contributed by atoms with Crippen LogP contribution in [0.3, 0.4) is 0 Å². The Labute approximate surface area is 189 Å². The number of nitrogens with zero attached hydrogens (tertiary/aromatic N) is 5. The molecule has 0 amide bonds. The molecule has 33 heavy (non-hydrogen) atoms. The van der Waals surface area contributed by atoms with Crippen LogP contribution in [0.2, 0.25) is 0 Å². The first-order chi connectivity index (χ1) is 15.5. The summed E-state index contributed by atoms with van der Waals surface area (Å²) in [6.45, 7) is 7.25. The average Bonchev–Trinajstić information content (AvgIpc) is 3.14. The third-order valence-corrected chi connectivity index (χ3v) is 7.60. The van der Waals surface area contributed by atoms with Gasteiger partial charge < -0.3 is 14.6 Å². The number of nitrogens with one attached hydrogen (secondary N) is 2. The number of fused-ring (bicyclic) bond motifs is 1. The molecule has 0 radical (unpaired) electrons. The van der Waals surface area contributed by atoms with E-state index >= 15 is 0 Å². The van der Waals surface area contributed by atoms with Gasteiger partial charge in [-0.25, -0.2) is 18.1 Å². The van der Waals surface area contributed by atoms with Gasteiger partial charge in [-0.3, -0.25) is 4.40 Å². The molecule has 0 unspecified atom stereocenters.